The maximum absolute atomic E-state index is 11.5. The third-order valence-corrected chi connectivity index (χ3v) is 1.99. The van der Waals surface area contributed by atoms with Gasteiger partial charge >= 0.3 is 0 Å². The minimum absolute atomic E-state index is 0.0126. The Labute approximate surface area is 93.6 Å². The number of nitro benzene ring substituents is 1. The molecular formula is C11H14N2O3. The van der Waals surface area contributed by atoms with E-state index in [-0.39, 0.29) is 24.1 Å². The summed E-state index contributed by atoms with van der Waals surface area (Å²) in [6.45, 7) is 3.69. The number of hydrogen-bond acceptors (Lipinski definition) is 3. The molecule has 5 heteroatoms. The van der Waals surface area contributed by atoms with E-state index in [4.69, 9.17) is 0 Å². The summed E-state index contributed by atoms with van der Waals surface area (Å²) in [7, 11) is 0. The Morgan fingerprint density at radius 1 is 1.44 bits per heavy atom. The quantitative estimate of drug-likeness (QED) is 0.622. The van der Waals surface area contributed by atoms with Gasteiger partial charge in [0.05, 0.1) is 11.3 Å². The van der Waals surface area contributed by atoms with Crippen LogP contribution in [0.5, 0.6) is 0 Å². The number of rotatable bonds is 4. The number of amides is 1. The average Bonchev–Trinajstić information content (AvgIpc) is 2.16. The summed E-state index contributed by atoms with van der Waals surface area (Å²) < 4.78 is 0. The van der Waals surface area contributed by atoms with Crippen molar-refractivity contribution < 1.29 is 9.72 Å². The van der Waals surface area contributed by atoms with Crippen LogP contribution in [0.25, 0.3) is 0 Å². The van der Waals surface area contributed by atoms with Crippen LogP contribution < -0.4 is 5.32 Å². The molecule has 5 nitrogen and oxygen atoms in total. The number of carbonyl (C=O) groups is 1. The number of nitro groups is 1. The van der Waals surface area contributed by atoms with Gasteiger partial charge in [0, 0.05) is 17.7 Å². The van der Waals surface area contributed by atoms with E-state index in [0.717, 1.165) is 0 Å². The van der Waals surface area contributed by atoms with E-state index in [1.165, 1.54) is 6.07 Å². The lowest BCUT2D eigenvalue weighted by Gasteiger charge is -2.08. The van der Waals surface area contributed by atoms with Crippen molar-refractivity contribution in [1.29, 1.82) is 0 Å². The molecule has 0 atom stereocenters. The molecule has 0 saturated carbocycles. The number of hydrogen-bond donors (Lipinski definition) is 1. The molecule has 16 heavy (non-hydrogen) atoms. The summed E-state index contributed by atoms with van der Waals surface area (Å²) >= 11 is 0. The zero-order chi connectivity index (χ0) is 12.1. The normalized spacial score (nSPS) is 10.2. The molecule has 0 saturated heterocycles. The van der Waals surface area contributed by atoms with Crippen LogP contribution >= 0.6 is 0 Å². The van der Waals surface area contributed by atoms with E-state index in [1.54, 1.807) is 18.2 Å². The Balaban J connectivity index is 2.81. The molecule has 1 rings (SSSR count). The summed E-state index contributed by atoms with van der Waals surface area (Å²) in [5.41, 5.74) is 0.423. The van der Waals surface area contributed by atoms with Crippen molar-refractivity contribution in [3.63, 3.8) is 0 Å². The average molecular weight is 222 g/mol. The van der Waals surface area contributed by atoms with Gasteiger partial charge in [-0.2, -0.15) is 0 Å². The molecule has 0 radical (unpaired) electrons. The molecule has 0 aliphatic rings. The van der Waals surface area contributed by atoms with Gasteiger partial charge in [-0.05, 0) is 13.8 Å². The molecule has 0 aliphatic carbocycles. The third-order valence-electron chi connectivity index (χ3n) is 1.99. The van der Waals surface area contributed by atoms with E-state index in [1.807, 2.05) is 13.8 Å². The molecule has 0 heterocycles. The van der Waals surface area contributed by atoms with E-state index in [2.05, 4.69) is 5.32 Å². The van der Waals surface area contributed by atoms with Crippen LogP contribution in [0.1, 0.15) is 19.4 Å². The Morgan fingerprint density at radius 3 is 2.62 bits per heavy atom. The largest absolute Gasteiger partial charge is 0.354 e. The van der Waals surface area contributed by atoms with Crippen LogP contribution in [0.4, 0.5) is 5.69 Å². The highest BCUT2D eigenvalue weighted by Gasteiger charge is 2.15. The fraction of sp³-hybridized carbons (Fsp3) is 0.364. The molecule has 1 aromatic carbocycles. The highest BCUT2D eigenvalue weighted by Crippen LogP contribution is 2.17. The topological polar surface area (TPSA) is 72.2 Å². The van der Waals surface area contributed by atoms with Crippen LogP contribution in [-0.4, -0.2) is 16.9 Å². The first-order chi connectivity index (χ1) is 7.50. The van der Waals surface area contributed by atoms with E-state index in [0.29, 0.717) is 5.56 Å². The van der Waals surface area contributed by atoms with E-state index in [9.17, 15) is 14.9 Å². The molecular weight excluding hydrogens is 208 g/mol. The van der Waals surface area contributed by atoms with Crippen molar-refractivity contribution in [2.75, 3.05) is 0 Å². The minimum atomic E-state index is -0.474. The van der Waals surface area contributed by atoms with Crippen LogP contribution in [0.3, 0.4) is 0 Å². The van der Waals surface area contributed by atoms with Gasteiger partial charge in [0.2, 0.25) is 5.91 Å². The van der Waals surface area contributed by atoms with Crippen LogP contribution in [0, 0.1) is 10.1 Å². The van der Waals surface area contributed by atoms with E-state index < -0.39 is 4.92 Å². The Morgan fingerprint density at radius 2 is 2.06 bits per heavy atom. The fourth-order valence-electron chi connectivity index (χ4n) is 1.38. The zero-order valence-electron chi connectivity index (χ0n) is 9.27. The second kappa shape index (κ2) is 5.25. The first kappa shape index (κ1) is 12.2. The standard InChI is InChI=1S/C11H14N2O3/c1-8(2)12-11(14)7-9-5-3-4-6-10(9)13(15)16/h3-6,8H,7H2,1-2H3,(H,12,14). The fourth-order valence-corrected chi connectivity index (χ4v) is 1.38. The van der Waals surface area contributed by atoms with Gasteiger partial charge in [-0.1, -0.05) is 18.2 Å². The number of para-hydroxylation sites is 1. The Kier molecular flexibility index (Phi) is 3.99. The monoisotopic (exact) mass is 222 g/mol. The van der Waals surface area contributed by atoms with Crippen molar-refractivity contribution in [2.24, 2.45) is 0 Å². The lowest BCUT2D eigenvalue weighted by molar-refractivity contribution is -0.385. The molecule has 1 aromatic rings. The molecule has 0 aliphatic heterocycles. The van der Waals surface area contributed by atoms with Crippen LogP contribution in [0.2, 0.25) is 0 Å². The van der Waals surface area contributed by atoms with Gasteiger partial charge in [-0.25, -0.2) is 0 Å². The number of nitrogens with one attached hydrogen (secondary N) is 1. The maximum atomic E-state index is 11.5. The van der Waals surface area contributed by atoms with E-state index >= 15 is 0 Å². The van der Waals surface area contributed by atoms with Crippen LogP contribution in [0.15, 0.2) is 24.3 Å². The molecule has 0 unspecified atom stereocenters. The van der Waals surface area contributed by atoms with Gasteiger partial charge in [-0.15, -0.1) is 0 Å². The number of carbonyl (C=O) groups excluding carboxylic acids is 1. The maximum Gasteiger partial charge on any atom is 0.273 e. The lowest BCUT2D eigenvalue weighted by Crippen LogP contribution is -2.31. The first-order valence-corrected chi connectivity index (χ1v) is 5.02. The SMILES string of the molecule is CC(C)NC(=O)Cc1ccccc1[N+](=O)[O-]. The van der Waals surface area contributed by atoms with Crippen LogP contribution in [-0.2, 0) is 11.2 Å². The minimum Gasteiger partial charge on any atom is -0.354 e. The predicted octanol–water partition coefficient (Wildman–Crippen LogP) is 1.66. The van der Waals surface area contributed by atoms with Gasteiger partial charge in [-0.3, -0.25) is 14.9 Å². The number of nitrogens with zero attached hydrogens (tertiary/aromatic N) is 1. The highest BCUT2D eigenvalue weighted by atomic mass is 16.6. The van der Waals surface area contributed by atoms with Crippen molar-refractivity contribution in [2.45, 2.75) is 26.3 Å². The predicted molar refractivity (Wildman–Crippen MR) is 60.1 cm³/mol. The highest BCUT2D eigenvalue weighted by molar-refractivity contribution is 5.79. The smallest absolute Gasteiger partial charge is 0.273 e. The first-order valence-electron chi connectivity index (χ1n) is 5.02. The van der Waals surface area contributed by atoms with Gasteiger partial charge in [0.15, 0.2) is 0 Å². The molecule has 0 aromatic heterocycles. The number of benzene rings is 1. The Bertz CT molecular complexity index is 402. The van der Waals surface area contributed by atoms with Crippen molar-refractivity contribution >= 4 is 11.6 Å². The summed E-state index contributed by atoms with van der Waals surface area (Å²) in [4.78, 5) is 21.7. The summed E-state index contributed by atoms with van der Waals surface area (Å²) in [5.74, 6) is -0.204. The van der Waals surface area contributed by atoms with Crippen molar-refractivity contribution in [3.05, 3.63) is 39.9 Å². The lowest BCUT2D eigenvalue weighted by atomic mass is 10.1. The van der Waals surface area contributed by atoms with Crippen molar-refractivity contribution in [3.8, 4) is 0 Å². The molecule has 1 amide bonds. The van der Waals surface area contributed by atoms with Gasteiger partial charge in [0.25, 0.3) is 5.69 Å². The summed E-state index contributed by atoms with van der Waals surface area (Å²) in [6.07, 6.45) is 0.0370. The molecule has 86 valence electrons. The molecule has 0 bridgehead atoms. The van der Waals surface area contributed by atoms with Gasteiger partial charge in [0.1, 0.15) is 0 Å². The molecule has 1 N–H and O–H groups in total. The van der Waals surface area contributed by atoms with Gasteiger partial charge < -0.3 is 5.32 Å². The second-order valence-electron chi connectivity index (χ2n) is 3.78. The Hall–Kier alpha value is -1.91. The zero-order valence-corrected chi connectivity index (χ0v) is 9.27. The van der Waals surface area contributed by atoms with Crippen molar-refractivity contribution in [1.82, 2.24) is 5.32 Å². The second-order valence-corrected chi connectivity index (χ2v) is 3.78. The summed E-state index contributed by atoms with van der Waals surface area (Å²) in [5, 5.41) is 13.4. The molecule has 0 spiro atoms. The molecule has 0 fully saturated rings. The third kappa shape index (κ3) is 3.34. The summed E-state index contributed by atoms with van der Waals surface area (Å²) in [6, 6.07) is 6.30.